The second kappa shape index (κ2) is 9.41. The molecule has 35 heavy (non-hydrogen) atoms. The maximum Gasteiger partial charge on any atom is 0.446 e. The Bertz CT molecular complexity index is 1270. The third-order valence-corrected chi connectivity index (χ3v) is 5.89. The molecule has 11 heteroatoms. The van der Waals surface area contributed by atoms with Crippen molar-refractivity contribution in [2.24, 2.45) is 0 Å². The molecule has 1 fully saturated rings. The number of hydrogen-bond donors (Lipinski definition) is 1. The van der Waals surface area contributed by atoms with Gasteiger partial charge in [-0.05, 0) is 66.7 Å². The maximum atomic E-state index is 13.2. The molecule has 1 aliphatic heterocycles. The van der Waals surface area contributed by atoms with Gasteiger partial charge >= 0.3 is 17.5 Å². The van der Waals surface area contributed by atoms with E-state index < -0.39 is 29.0 Å². The summed E-state index contributed by atoms with van der Waals surface area (Å²) in [6, 6.07) is 15.7. The van der Waals surface area contributed by atoms with Gasteiger partial charge in [0.15, 0.2) is 0 Å². The molecule has 1 saturated heterocycles. The molecule has 0 spiro atoms. The first-order valence-electron chi connectivity index (χ1n) is 10.3. The van der Waals surface area contributed by atoms with Crippen molar-refractivity contribution in [2.45, 2.75) is 29.3 Å². The summed E-state index contributed by atoms with van der Waals surface area (Å²) in [6.45, 7) is 1.54. The Morgan fingerprint density at radius 3 is 2.43 bits per heavy atom. The molecule has 180 valence electrons. The van der Waals surface area contributed by atoms with E-state index in [2.05, 4.69) is 10.3 Å². The first-order valence-corrected chi connectivity index (χ1v) is 11.1. The highest BCUT2D eigenvalue weighted by Gasteiger charge is 2.48. The highest BCUT2D eigenvalue weighted by atomic mass is 32.2. The lowest BCUT2D eigenvalue weighted by Crippen LogP contribution is -2.46. The molecule has 0 radical (unpaired) electrons. The van der Waals surface area contributed by atoms with Crippen LogP contribution < -0.4 is 15.0 Å². The van der Waals surface area contributed by atoms with E-state index in [4.69, 9.17) is 4.74 Å². The van der Waals surface area contributed by atoms with Gasteiger partial charge in [-0.2, -0.15) is 13.2 Å². The van der Waals surface area contributed by atoms with Crippen LogP contribution in [0.1, 0.15) is 22.8 Å². The SMILES string of the molecule is CC1(Cc2ccnc(OC(=O)c3ccccc3)c2)NC(=O)N(c2ccc(SC(F)(F)F)cc2)C1=O. The zero-order valence-electron chi connectivity index (χ0n) is 18.2. The number of thioether (sulfide) groups is 1. The second-order valence-corrected chi connectivity index (χ2v) is 9.02. The van der Waals surface area contributed by atoms with Crippen LogP contribution in [0.5, 0.6) is 5.88 Å². The molecule has 1 aromatic heterocycles. The van der Waals surface area contributed by atoms with Gasteiger partial charge in [-0.1, -0.05) is 18.2 Å². The molecule has 3 amide bonds. The Kier molecular flexibility index (Phi) is 6.53. The standard InChI is InChI=1S/C24H18F3N3O4S/c1-23(14-15-11-12-28-19(13-15)34-20(31)16-5-3-2-4-6-16)21(32)30(22(33)29-23)17-7-9-18(10-8-17)35-24(25,26)27/h2-13H,14H2,1H3,(H,29,33). The summed E-state index contributed by atoms with van der Waals surface area (Å²) >= 11 is -0.287. The number of carbonyl (C=O) groups is 3. The number of urea groups is 1. The van der Waals surface area contributed by atoms with Crippen LogP contribution in [0.15, 0.2) is 77.8 Å². The van der Waals surface area contributed by atoms with Crippen LogP contribution in [-0.2, 0) is 11.2 Å². The average molecular weight is 501 g/mol. The number of amides is 3. The molecular weight excluding hydrogens is 483 g/mol. The molecule has 1 aliphatic rings. The number of nitrogens with one attached hydrogen (secondary N) is 1. The Balaban J connectivity index is 1.48. The third-order valence-electron chi connectivity index (χ3n) is 5.15. The van der Waals surface area contributed by atoms with Gasteiger partial charge in [0, 0.05) is 23.6 Å². The number of anilines is 1. The van der Waals surface area contributed by atoms with Crippen LogP contribution in [0.25, 0.3) is 0 Å². The van der Waals surface area contributed by atoms with Crippen molar-refractivity contribution >= 4 is 35.4 Å². The summed E-state index contributed by atoms with van der Waals surface area (Å²) in [6.07, 6.45) is 1.48. The second-order valence-electron chi connectivity index (χ2n) is 7.88. The monoisotopic (exact) mass is 501 g/mol. The predicted molar refractivity (Wildman–Crippen MR) is 122 cm³/mol. The first kappa shape index (κ1) is 24.3. The minimum atomic E-state index is -4.44. The summed E-state index contributed by atoms with van der Waals surface area (Å²) in [4.78, 5) is 42.9. The largest absolute Gasteiger partial charge is 0.446 e. The summed E-state index contributed by atoms with van der Waals surface area (Å²) in [7, 11) is 0. The van der Waals surface area contributed by atoms with Gasteiger partial charge in [-0.25, -0.2) is 19.5 Å². The zero-order valence-corrected chi connectivity index (χ0v) is 19.0. The van der Waals surface area contributed by atoms with Crippen LogP contribution in [0.3, 0.4) is 0 Å². The fourth-order valence-corrected chi connectivity index (χ4v) is 4.13. The fourth-order valence-electron chi connectivity index (χ4n) is 3.59. The van der Waals surface area contributed by atoms with Crippen molar-refractivity contribution in [3.05, 3.63) is 84.1 Å². The van der Waals surface area contributed by atoms with Crippen molar-refractivity contribution in [1.82, 2.24) is 10.3 Å². The van der Waals surface area contributed by atoms with Gasteiger partial charge in [0.2, 0.25) is 5.88 Å². The number of imide groups is 1. The number of nitrogens with zero attached hydrogens (tertiary/aromatic N) is 2. The van der Waals surface area contributed by atoms with E-state index in [1.165, 1.54) is 43.5 Å². The number of benzene rings is 2. The minimum Gasteiger partial charge on any atom is -0.404 e. The quantitative estimate of drug-likeness (QED) is 0.292. The molecular formula is C24H18F3N3O4S. The van der Waals surface area contributed by atoms with Crippen molar-refractivity contribution in [1.29, 1.82) is 0 Å². The number of ether oxygens (including phenoxy) is 1. The Labute approximate surface area is 202 Å². The number of carbonyl (C=O) groups excluding carboxylic acids is 3. The zero-order chi connectivity index (χ0) is 25.2. The van der Waals surface area contributed by atoms with Crippen LogP contribution in [0.2, 0.25) is 0 Å². The number of aromatic nitrogens is 1. The van der Waals surface area contributed by atoms with E-state index in [0.29, 0.717) is 11.1 Å². The van der Waals surface area contributed by atoms with Gasteiger partial charge < -0.3 is 10.1 Å². The Morgan fingerprint density at radius 2 is 1.77 bits per heavy atom. The van der Waals surface area contributed by atoms with Crippen LogP contribution in [-0.4, -0.2) is 33.9 Å². The summed E-state index contributed by atoms with van der Waals surface area (Å²) in [5.41, 5.74) is -4.71. The lowest BCUT2D eigenvalue weighted by atomic mass is 9.93. The lowest BCUT2D eigenvalue weighted by Gasteiger charge is -2.22. The molecule has 0 saturated carbocycles. The minimum absolute atomic E-state index is 0.0336. The molecule has 0 bridgehead atoms. The smallest absolute Gasteiger partial charge is 0.404 e. The Morgan fingerprint density at radius 1 is 1.09 bits per heavy atom. The molecule has 2 aromatic carbocycles. The van der Waals surface area contributed by atoms with Crippen molar-refractivity contribution in [2.75, 3.05) is 4.90 Å². The average Bonchev–Trinajstić information content (AvgIpc) is 3.02. The van der Waals surface area contributed by atoms with E-state index in [1.54, 1.807) is 36.4 Å². The van der Waals surface area contributed by atoms with Gasteiger partial charge in [0.25, 0.3) is 5.91 Å². The molecule has 1 atom stereocenters. The van der Waals surface area contributed by atoms with E-state index in [1.807, 2.05) is 0 Å². The van der Waals surface area contributed by atoms with E-state index in [-0.39, 0.29) is 34.6 Å². The predicted octanol–water partition coefficient (Wildman–Crippen LogP) is 4.97. The number of halogens is 3. The summed E-state index contributed by atoms with van der Waals surface area (Å²) in [5.74, 6) is -1.13. The normalized spacial score (nSPS) is 17.9. The Hall–Kier alpha value is -3.86. The molecule has 1 unspecified atom stereocenters. The number of alkyl halides is 3. The highest BCUT2D eigenvalue weighted by molar-refractivity contribution is 8.00. The maximum absolute atomic E-state index is 13.2. The highest BCUT2D eigenvalue weighted by Crippen LogP contribution is 2.38. The summed E-state index contributed by atoms with van der Waals surface area (Å²) < 4.78 is 43.0. The number of esters is 1. The number of rotatable bonds is 6. The lowest BCUT2D eigenvalue weighted by molar-refractivity contribution is -0.121. The van der Waals surface area contributed by atoms with Gasteiger partial charge in [0.05, 0.1) is 11.3 Å². The molecule has 3 aromatic rings. The van der Waals surface area contributed by atoms with Crippen LogP contribution >= 0.6 is 11.8 Å². The topological polar surface area (TPSA) is 88.6 Å². The van der Waals surface area contributed by atoms with Crippen molar-refractivity contribution < 1.29 is 32.3 Å². The molecule has 0 aliphatic carbocycles. The molecule has 7 nitrogen and oxygen atoms in total. The number of pyridine rings is 1. The van der Waals surface area contributed by atoms with E-state index >= 15 is 0 Å². The first-order chi connectivity index (χ1) is 16.5. The molecule has 2 heterocycles. The van der Waals surface area contributed by atoms with Gasteiger partial charge in [0.1, 0.15) is 5.54 Å². The molecule has 4 rings (SSSR count). The van der Waals surface area contributed by atoms with Crippen LogP contribution in [0.4, 0.5) is 23.7 Å². The van der Waals surface area contributed by atoms with Crippen molar-refractivity contribution in [3.63, 3.8) is 0 Å². The summed E-state index contributed by atoms with van der Waals surface area (Å²) in [5, 5.41) is 2.64. The third kappa shape index (κ3) is 5.62. The number of hydrogen-bond acceptors (Lipinski definition) is 6. The van der Waals surface area contributed by atoms with E-state index in [9.17, 15) is 27.6 Å². The molecule has 1 N–H and O–H groups in total. The van der Waals surface area contributed by atoms with Gasteiger partial charge in [-0.3, -0.25) is 4.79 Å². The van der Waals surface area contributed by atoms with Crippen molar-refractivity contribution in [3.8, 4) is 5.88 Å². The fraction of sp³-hybridized carbons (Fsp3) is 0.167. The van der Waals surface area contributed by atoms with Crippen LogP contribution in [0, 0.1) is 0 Å². The van der Waals surface area contributed by atoms with E-state index in [0.717, 1.165) is 4.90 Å². The van der Waals surface area contributed by atoms with Gasteiger partial charge in [-0.15, -0.1) is 0 Å².